The van der Waals surface area contributed by atoms with Crippen molar-refractivity contribution in [2.45, 2.75) is 18.6 Å². The molecule has 0 aliphatic rings. The monoisotopic (exact) mass is 381 g/mol. The van der Waals surface area contributed by atoms with E-state index in [1.54, 1.807) is 18.4 Å². The van der Waals surface area contributed by atoms with E-state index < -0.39 is 10.8 Å². The van der Waals surface area contributed by atoms with Crippen LogP contribution in [0, 0.1) is 3.57 Å². The third-order valence-corrected chi connectivity index (χ3v) is 4.89. The number of nitrogens with one attached hydrogen (secondary N) is 1. The third kappa shape index (κ3) is 4.56. The molecule has 18 heavy (non-hydrogen) atoms. The van der Waals surface area contributed by atoms with Crippen molar-refractivity contribution in [1.82, 2.24) is 5.32 Å². The van der Waals surface area contributed by atoms with Gasteiger partial charge < -0.3 is 10.4 Å². The van der Waals surface area contributed by atoms with Gasteiger partial charge >= 0.3 is 0 Å². The molecule has 6 heteroatoms. The van der Waals surface area contributed by atoms with Crippen LogP contribution in [0.3, 0.4) is 0 Å². The molecule has 2 unspecified atom stereocenters. The van der Waals surface area contributed by atoms with Gasteiger partial charge in [-0.1, -0.05) is 6.92 Å². The molecule has 1 rings (SSSR count). The van der Waals surface area contributed by atoms with Crippen LogP contribution in [0.5, 0.6) is 5.75 Å². The lowest BCUT2D eigenvalue weighted by Gasteiger charge is -2.09. The highest BCUT2D eigenvalue weighted by Gasteiger charge is 2.10. The van der Waals surface area contributed by atoms with Crippen LogP contribution in [0.4, 0.5) is 0 Å². The van der Waals surface area contributed by atoms with E-state index in [9.17, 15) is 14.1 Å². The van der Waals surface area contributed by atoms with E-state index in [1.165, 1.54) is 6.07 Å². The second kappa shape index (κ2) is 7.08. The molecule has 1 aromatic carbocycles. The molecule has 0 saturated carbocycles. The van der Waals surface area contributed by atoms with E-state index in [0.717, 1.165) is 0 Å². The molecule has 0 saturated heterocycles. The van der Waals surface area contributed by atoms with E-state index in [-0.39, 0.29) is 16.9 Å². The van der Waals surface area contributed by atoms with E-state index in [1.807, 2.05) is 29.5 Å². The number of amides is 1. The molecular weight excluding hydrogens is 365 g/mol. The van der Waals surface area contributed by atoms with Crippen molar-refractivity contribution in [3.63, 3.8) is 0 Å². The number of carbonyl (C=O) groups excluding carboxylic acids is 1. The Balaban J connectivity index is 2.50. The van der Waals surface area contributed by atoms with Crippen LogP contribution < -0.4 is 5.32 Å². The summed E-state index contributed by atoms with van der Waals surface area (Å²) >= 11 is 1.99. The fourth-order valence-electron chi connectivity index (χ4n) is 1.31. The number of carbonyl (C=O) groups is 1. The maximum Gasteiger partial charge on any atom is 0.251 e. The number of phenolic OH excluding ortho intramolecular Hbond substituents is 1. The molecule has 0 radical (unpaired) electrons. The Morgan fingerprint density at radius 1 is 1.56 bits per heavy atom. The molecule has 1 amide bonds. The summed E-state index contributed by atoms with van der Waals surface area (Å²) in [6.45, 7) is 2.37. The summed E-state index contributed by atoms with van der Waals surface area (Å²) in [5.74, 6) is -0.123. The molecule has 4 nitrogen and oxygen atoms in total. The Hall–Kier alpha value is -0.630. The van der Waals surface area contributed by atoms with Gasteiger partial charge in [-0.15, -0.1) is 0 Å². The second-order valence-electron chi connectivity index (χ2n) is 4.02. The fourth-order valence-corrected chi connectivity index (χ4v) is 2.10. The Kier molecular flexibility index (Phi) is 6.07. The molecule has 0 aliphatic carbocycles. The highest BCUT2D eigenvalue weighted by atomic mass is 127. The summed E-state index contributed by atoms with van der Waals surface area (Å²) in [6, 6.07) is 4.80. The lowest BCUT2D eigenvalue weighted by Crippen LogP contribution is -2.27. The first-order valence-corrected chi connectivity index (χ1v) is 8.20. The maximum absolute atomic E-state index is 11.8. The SMILES string of the molecule is CC(CCNC(=O)c1ccc(I)c(O)c1)S(C)=O. The van der Waals surface area contributed by atoms with Gasteiger partial charge in [-0.25, -0.2) is 0 Å². The van der Waals surface area contributed by atoms with Crippen LogP contribution in [0.25, 0.3) is 0 Å². The summed E-state index contributed by atoms with van der Waals surface area (Å²) in [6.07, 6.45) is 2.33. The average Bonchev–Trinajstić information content (AvgIpc) is 2.32. The Morgan fingerprint density at radius 2 is 2.22 bits per heavy atom. The van der Waals surface area contributed by atoms with Gasteiger partial charge in [0.1, 0.15) is 5.75 Å². The lowest BCUT2D eigenvalue weighted by molar-refractivity contribution is 0.0953. The summed E-state index contributed by atoms with van der Waals surface area (Å²) < 4.78 is 11.8. The Labute approximate surface area is 123 Å². The van der Waals surface area contributed by atoms with Gasteiger partial charge in [-0.3, -0.25) is 9.00 Å². The van der Waals surface area contributed by atoms with E-state index in [0.29, 0.717) is 22.1 Å². The third-order valence-electron chi connectivity index (χ3n) is 2.61. The number of hydrogen-bond acceptors (Lipinski definition) is 3. The van der Waals surface area contributed by atoms with E-state index in [2.05, 4.69) is 5.32 Å². The number of benzene rings is 1. The quantitative estimate of drug-likeness (QED) is 0.766. The molecule has 2 atom stereocenters. The molecule has 0 aliphatic heterocycles. The van der Waals surface area contributed by atoms with Crippen LogP contribution in [0.1, 0.15) is 23.7 Å². The molecule has 100 valence electrons. The van der Waals surface area contributed by atoms with Crippen LogP contribution >= 0.6 is 22.6 Å². The topological polar surface area (TPSA) is 66.4 Å². The molecule has 2 N–H and O–H groups in total. The van der Waals surface area contributed by atoms with Crippen molar-refractivity contribution in [2.24, 2.45) is 0 Å². The van der Waals surface area contributed by atoms with Crippen molar-refractivity contribution >= 4 is 39.3 Å². The zero-order valence-electron chi connectivity index (χ0n) is 10.3. The summed E-state index contributed by atoms with van der Waals surface area (Å²) in [7, 11) is -0.869. The van der Waals surface area contributed by atoms with Gasteiger partial charge in [0.2, 0.25) is 0 Å². The molecule has 0 fully saturated rings. The standard InChI is InChI=1S/C12H16INO3S/c1-8(18(2)17)5-6-14-12(16)9-3-4-10(13)11(15)7-9/h3-4,7-8,15H,5-6H2,1-2H3,(H,14,16). The van der Waals surface area contributed by atoms with Gasteiger partial charge in [0.15, 0.2) is 0 Å². The minimum atomic E-state index is -0.869. The van der Waals surface area contributed by atoms with Crippen molar-refractivity contribution in [1.29, 1.82) is 0 Å². The Morgan fingerprint density at radius 3 is 2.78 bits per heavy atom. The summed E-state index contributed by atoms with van der Waals surface area (Å²) in [4.78, 5) is 11.8. The number of aromatic hydroxyl groups is 1. The summed E-state index contributed by atoms with van der Waals surface area (Å²) in [5, 5.41) is 12.3. The zero-order valence-corrected chi connectivity index (χ0v) is 13.2. The van der Waals surface area contributed by atoms with Crippen molar-refractivity contribution < 1.29 is 14.1 Å². The number of hydrogen-bond donors (Lipinski definition) is 2. The van der Waals surface area contributed by atoms with Crippen molar-refractivity contribution in [3.8, 4) is 5.75 Å². The predicted octanol–water partition coefficient (Wildman–Crippen LogP) is 1.88. The van der Waals surface area contributed by atoms with Crippen LogP contribution in [0.15, 0.2) is 18.2 Å². The fraction of sp³-hybridized carbons (Fsp3) is 0.417. The predicted molar refractivity (Wildman–Crippen MR) is 81.3 cm³/mol. The molecule has 0 bridgehead atoms. The first-order chi connectivity index (χ1) is 8.41. The highest BCUT2D eigenvalue weighted by Crippen LogP contribution is 2.20. The first-order valence-electron chi connectivity index (χ1n) is 5.50. The van der Waals surface area contributed by atoms with Gasteiger partial charge in [0.05, 0.1) is 3.57 Å². The number of halogens is 1. The van der Waals surface area contributed by atoms with Crippen LogP contribution in [0.2, 0.25) is 0 Å². The zero-order chi connectivity index (χ0) is 13.7. The normalized spacial score (nSPS) is 13.9. The van der Waals surface area contributed by atoms with Crippen molar-refractivity contribution in [2.75, 3.05) is 12.8 Å². The smallest absolute Gasteiger partial charge is 0.251 e. The number of rotatable bonds is 5. The largest absolute Gasteiger partial charge is 0.507 e. The summed E-state index contributed by atoms with van der Waals surface area (Å²) in [5.41, 5.74) is 0.429. The lowest BCUT2D eigenvalue weighted by atomic mass is 10.2. The van der Waals surface area contributed by atoms with Gasteiger partial charge in [-0.05, 0) is 47.2 Å². The molecule has 0 spiro atoms. The molecule has 1 aromatic rings. The molecule has 0 heterocycles. The Bertz CT molecular complexity index is 465. The van der Waals surface area contributed by atoms with Crippen LogP contribution in [-0.2, 0) is 10.8 Å². The molecular formula is C12H16INO3S. The molecule has 0 aromatic heterocycles. The second-order valence-corrected chi connectivity index (χ2v) is 6.98. The van der Waals surface area contributed by atoms with Crippen molar-refractivity contribution in [3.05, 3.63) is 27.3 Å². The first kappa shape index (κ1) is 15.4. The van der Waals surface area contributed by atoms with Gasteiger partial charge in [-0.2, -0.15) is 0 Å². The minimum absolute atomic E-state index is 0.0652. The van der Waals surface area contributed by atoms with E-state index >= 15 is 0 Å². The van der Waals surface area contributed by atoms with Gasteiger partial charge in [0, 0.05) is 34.4 Å². The van der Waals surface area contributed by atoms with Gasteiger partial charge in [0.25, 0.3) is 5.91 Å². The average molecular weight is 381 g/mol. The minimum Gasteiger partial charge on any atom is -0.507 e. The van der Waals surface area contributed by atoms with Crippen LogP contribution in [-0.4, -0.2) is 33.3 Å². The highest BCUT2D eigenvalue weighted by molar-refractivity contribution is 14.1. The number of phenols is 1. The van der Waals surface area contributed by atoms with E-state index in [4.69, 9.17) is 0 Å². The maximum atomic E-state index is 11.8.